The molecule has 1 aromatic carbocycles. The molecule has 4 atom stereocenters. The van der Waals surface area contributed by atoms with Crippen molar-refractivity contribution >= 4 is 29.1 Å². The number of anilines is 1. The summed E-state index contributed by atoms with van der Waals surface area (Å²) >= 11 is 5.95. The number of methoxy groups -OCH3 is 1. The molecular formula is C19H21ClN2O4. The summed E-state index contributed by atoms with van der Waals surface area (Å²) in [6, 6.07) is 7.13. The zero-order valence-corrected chi connectivity index (χ0v) is 15.2. The molecule has 138 valence electrons. The Morgan fingerprint density at radius 2 is 2.19 bits per heavy atom. The van der Waals surface area contributed by atoms with Crippen LogP contribution in [-0.2, 0) is 19.1 Å². The van der Waals surface area contributed by atoms with Crippen LogP contribution in [0.4, 0.5) is 5.69 Å². The number of hydrogen-bond donors (Lipinski definition) is 1. The summed E-state index contributed by atoms with van der Waals surface area (Å²) < 4.78 is 11.1. The quantitative estimate of drug-likeness (QED) is 0.607. The standard InChI is InChI=1S/C19H21ClN2O4/c1-25-10-2-9-21-17(23)15-14-7-8-19(26-14)11-22(18(24)16(15)19)13-5-3-12(20)4-6-13/h3-8,14-16H,2,9-11H2,1H3,(H,21,23)/t14-,15-,16-,19+/m1/s1. The average molecular weight is 377 g/mol. The van der Waals surface area contributed by atoms with Crippen molar-refractivity contribution in [3.05, 3.63) is 41.4 Å². The van der Waals surface area contributed by atoms with Crippen molar-refractivity contribution in [3.63, 3.8) is 0 Å². The number of nitrogens with one attached hydrogen (secondary N) is 1. The van der Waals surface area contributed by atoms with Gasteiger partial charge in [0.2, 0.25) is 11.8 Å². The molecule has 0 aliphatic carbocycles. The highest BCUT2D eigenvalue weighted by molar-refractivity contribution is 6.30. The van der Waals surface area contributed by atoms with Crippen LogP contribution >= 0.6 is 11.6 Å². The van der Waals surface area contributed by atoms with Gasteiger partial charge >= 0.3 is 0 Å². The molecule has 0 radical (unpaired) electrons. The SMILES string of the molecule is COCCCNC(=O)[C@@H]1[C@H]2C=C[C@@]3(CN(c4ccc(Cl)cc4)C(=O)[C@@H]13)O2. The third-order valence-electron chi connectivity index (χ3n) is 5.37. The van der Waals surface area contributed by atoms with Crippen molar-refractivity contribution in [2.45, 2.75) is 18.1 Å². The zero-order chi connectivity index (χ0) is 18.3. The van der Waals surface area contributed by atoms with Gasteiger partial charge in [0.05, 0.1) is 24.5 Å². The number of benzene rings is 1. The molecule has 7 heteroatoms. The lowest BCUT2D eigenvalue weighted by Gasteiger charge is -2.23. The normalized spacial score (nSPS) is 31.5. The number of carbonyl (C=O) groups excluding carboxylic acids is 2. The molecule has 2 amide bonds. The van der Waals surface area contributed by atoms with Crippen LogP contribution in [0.5, 0.6) is 0 Å². The molecule has 0 aromatic heterocycles. The van der Waals surface area contributed by atoms with E-state index in [9.17, 15) is 9.59 Å². The fourth-order valence-electron chi connectivity index (χ4n) is 4.18. The fraction of sp³-hybridized carbons (Fsp3) is 0.474. The molecule has 3 aliphatic rings. The Morgan fingerprint density at radius 1 is 1.42 bits per heavy atom. The second kappa shape index (κ2) is 6.68. The van der Waals surface area contributed by atoms with E-state index < -0.39 is 17.4 Å². The highest BCUT2D eigenvalue weighted by Crippen LogP contribution is 2.52. The number of carbonyl (C=O) groups is 2. The Balaban J connectivity index is 1.53. The molecule has 0 unspecified atom stereocenters. The molecule has 3 aliphatic heterocycles. The van der Waals surface area contributed by atoms with Crippen LogP contribution in [-0.4, -0.2) is 50.3 Å². The highest BCUT2D eigenvalue weighted by atomic mass is 35.5. The summed E-state index contributed by atoms with van der Waals surface area (Å²) in [6.07, 6.45) is 4.26. The van der Waals surface area contributed by atoms with Crippen LogP contribution in [0.15, 0.2) is 36.4 Å². The van der Waals surface area contributed by atoms with Gasteiger partial charge in [-0.15, -0.1) is 0 Å². The van der Waals surface area contributed by atoms with Gasteiger partial charge in [-0.25, -0.2) is 0 Å². The van der Waals surface area contributed by atoms with Gasteiger partial charge in [-0.05, 0) is 30.7 Å². The first-order valence-electron chi connectivity index (χ1n) is 8.76. The van der Waals surface area contributed by atoms with E-state index in [-0.39, 0.29) is 17.9 Å². The zero-order valence-electron chi connectivity index (χ0n) is 14.5. The number of rotatable bonds is 6. The maximum absolute atomic E-state index is 13.1. The van der Waals surface area contributed by atoms with Crippen LogP contribution in [0.3, 0.4) is 0 Å². The number of nitrogens with zero attached hydrogens (tertiary/aromatic N) is 1. The van der Waals surface area contributed by atoms with Gasteiger partial charge in [-0.3, -0.25) is 9.59 Å². The summed E-state index contributed by atoms with van der Waals surface area (Å²) in [7, 11) is 1.63. The molecule has 2 bridgehead atoms. The smallest absolute Gasteiger partial charge is 0.234 e. The lowest BCUT2D eigenvalue weighted by atomic mass is 9.77. The molecule has 2 fully saturated rings. The van der Waals surface area contributed by atoms with Gasteiger partial charge in [0.25, 0.3) is 0 Å². The monoisotopic (exact) mass is 376 g/mol. The van der Waals surface area contributed by atoms with E-state index in [2.05, 4.69) is 5.32 Å². The predicted molar refractivity (Wildman–Crippen MR) is 97.0 cm³/mol. The summed E-state index contributed by atoms with van der Waals surface area (Å²) in [5.41, 5.74) is 0.0542. The molecule has 1 aromatic rings. The van der Waals surface area contributed by atoms with Gasteiger partial charge in [0.15, 0.2) is 0 Å². The van der Waals surface area contributed by atoms with Gasteiger partial charge in [0.1, 0.15) is 5.60 Å². The van der Waals surface area contributed by atoms with Crippen LogP contribution in [0.1, 0.15) is 6.42 Å². The minimum Gasteiger partial charge on any atom is -0.385 e. The Kier molecular flexibility index (Phi) is 4.50. The highest BCUT2D eigenvalue weighted by Gasteiger charge is 2.66. The van der Waals surface area contributed by atoms with Gasteiger partial charge in [-0.2, -0.15) is 0 Å². The van der Waals surface area contributed by atoms with Gasteiger partial charge in [0, 0.05) is 31.0 Å². The average Bonchev–Trinajstić information content (AvgIpc) is 3.28. The molecular weight excluding hydrogens is 356 g/mol. The van der Waals surface area contributed by atoms with E-state index >= 15 is 0 Å². The molecule has 6 nitrogen and oxygen atoms in total. The Labute approximate surface area is 157 Å². The van der Waals surface area contributed by atoms with Crippen LogP contribution in [0.25, 0.3) is 0 Å². The van der Waals surface area contributed by atoms with Crippen molar-refractivity contribution in [1.29, 1.82) is 0 Å². The minimum absolute atomic E-state index is 0.0730. The Morgan fingerprint density at radius 3 is 2.92 bits per heavy atom. The molecule has 26 heavy (non-hydrogen) atoms. The lowest BCUT2D eigenvalue weighted by Crippen LogP contribution is -2.44. The molecule has 3 heterocycles. The second-order valence-corrected chi connectivity index (χ2v) is 7.37. The van der Waals surface area contributed by atoms with Crippen LogP contribution in [0.2, 0.25) is 5.02 Å². The van der Waals surface area contributed by atoms with Crippen molar-refractivity contribution in [2.75, 3.05) is 31.7 Å². The van der Waals surface area contributed by atoms with Crippen molar-refractivity contribution in [2.24, 2.45) is 11.8 Å². The second-order valence-electron chi connectivity index (χ2n) is 6.94. The third kappa shape index (κ3) is 2.73. The van der Waals surface area contributed by atoms with Crippen molar-refractivity contribution < 1.29 is 19.1 Å². The summed E-state index contributed by atoms with van der Waals surface area (Å²) in [5, 5.41) is 3.53. The maximum Gasteiger partial charge on any atom is 0.234 e. The Bertz CT molecular complexity index is 750. The molecule has 4 rings (SSSR count). The number of amides is 2. The van der Waals surface area contributed by atoms with E-state index in [1.165, 1.54) is 0 Å². The fourth-order valence-corrected chi connectivity index (χ4v) is 4.31. The van der Waals surface area contributed by atoms with E-state index in [4.69, 9.17) is 21.1 Å². The number of hydrogen-bond acceptors (Lipinski definition) is 4. The topological polar surface area (TPSA) is 67.9 Å². The number of fused-ring (bicyclic) bond motifs is 1. The van der Waals surface area contributed by atoms with Crippen molar-refractivity contribution in [1.82, 2.24) is 5.32 Å². The van der Waals surface area contributed by atoms with Crippen LogP contribution < -0.4 is 10.2 Å². The maximum atomic E-state index is 13.1. The predicted octanol–water partition coefficient (Wildman–Crippen LogP) is 1.78. The first-order valence-corrected chi connectivity index (χ1v) is 9.14. The third-order valence-corrected chi connectivity index (χ3v) is 5.62. The Hall–Kier alpha value is -1.89. The minimum atomic E-state index is -0.712. The lowest BCUT2D eigenvalue weighted by molar-refractivity contribution is -0.131. The van der Waals surface area contributed by atoms with E-state index in [0.717, 1.165) is 12.1 Å². The number of halogens is 1. The van der Waals surface area contributed by atoms with E-state index in [0.29, 0.717) is 24.7 Å². The summed E-state index contributed by atoms with van der Waals surface area (Å²) in [5.74, 6) is -1.19. The molecule has 2 saturated heterocycles. The first kappa shape index (κ1) is 17.5. The van der Waals surface area contributed by atoms with Gasteiger partial charge in [-0.1, -0.05) is 23.8 Å². The molecule has 1 spiro atoms. The van der Waals surface area contributed by atoms with E-state index in [1.807, 2.05) is 24.3 Å². The largest absolute Gasteiger partial charge is 0.385 e. The summed E-state index contributed by atoms with van der Waals surface area (Å²) in [4.78, 5) is 27.5. The first-order chi connectivity index (χ1) is 12.6. The van der Waals surface area contributed by atoms with Crippen molar-refractivity contribution in [3.8, 4) is 0 Å². The molecule has 0 saturated carbocycles. The van der Waals surface area contributed by atoms with E-state index in [1.54, 1.807) is 24.1 Å². The van der Waals surface area contributed by atoms with Gasteiger partial charge < -0.3 is 19.7 Å². The molecule has 1 N–H and O–H groups in total. The number of ether oxygens (including phenoxy) is 2. The van der Waals surface area contributed by atoms with Crippen LogP contribution in [0, 0.1) is 11.8 Å². The summed E-state index contributed by atoms with van der Waals surface area (Å²) in [6.45, 7) is 1.52.